The predicted molar refractivity (Wildman–Crippen MR) is 66.9 cm³/mol. The monoisotopic (exact) mass is 226 g/mol. The van der Waals surface area contributed by atoms with Crippen molar-refractivity contribution in [2.24, 2.45) is 0 Å². The van der Waals surface area contributed by atoms with Crippen molar-refractivity contribution in [3.63, 3.8) is 0 Å². The molecule has 0 bridgehead atoms. The van der Waals surface area contributed by atoms with Crippen LogP contribution in [-0.2, 0) is 0 Å². The van der Waals surface area contributed by atoms with Gasteiger partial charge in [0, 0.05) is 23.3 Å². The van der Waals surface area contributed by atoms with E-state index in [1.807, 2.05) is 30.6 Å². The zero-order valence-corrected chi connectivity index (χ0v) is 9.39. The Hall–Kier alpha value is -1.87. The van der Waals surface area contributed by atoms with E-state index in [-0.39, 0.29) is 0 Å². The first-order valence-electron chi connectivity index (χ1n) is 5.06. The van der Waals surface area contributed by atoms with Gasteiger partial charge in [-0.05, 0) is 11.4 Å². The van der Waals surface area contributed by atoms with Crippen molar-refractivity contribution in [1.29, 1.82) is 0 Å². The minimum absolute atomic E-state index is 0.985. The minimum atomic E-state index is 0.985. The third-order valence-electron chi connectivity index (χ3n) is 2.46. The van der Waals surface area contributed by atoms with E-state index in [0.717, 1.165) is 11.4 Å². The van der Waals surface area contributed by atoms with E-state index in [1.165, 1.54) is 5.69 Å². The largest absolute Gasteiger partial charge is 0.299 e. The van der Waals surface area contributed by atoms with Crippen molar-refractivity contribution in [2.75, 3.05) is 0 Å². The summed E-state index contributed by atoms with van der Waals surface area (Å²) in [7, 11) is 0. The summed E-state index contributed by atoms with van der Waals surface area (Å²) in [6.07, 6.45) is 3.82. The zero-order valence-electron chi connectivity index (χ0n) is 8.58. The summed E-state index contributed by atoms with van der Waals surface area (Å²) in [5, 5.41) is 4.19. The average Bonchev–Trinajstić information content (AvgIpc) is 3.01. The van der Waals surface area contributed by atoms with Gasteiger partial charge in [-0.2, -0.15) is 11.3 Å². The molecule has 0 saturated heterocycles. The molecule has 2 nitrogen and oxygen atoms in total. The molecule has 0 unspecified atom stereocenters. The SMILES string of the molecule is c1ccc(-c2nccn2-c2ccsc2)cc1. The molecule has 0 aliphatic rings. The third kappa shape index (κ3) is 1.55. The molecule has 1 aromatic carbocycles. The lowest BCUT2D eigenvalue weighted by Crippen LogP contribution is -1.93. The summed E-state index contributed by atoms with van der Waals surface area (Å²) in [4.78, 5) is 4.41. The molecule has 16 heavy (non-hydrogen) atoms. The highest BCUT2D eigenvalue weighted by Crippen LogP contribution is 2.22. The van der Waals surface area contributed by atoms with Crippen molar-refractivity contribution in [3.05, 3.63) is 59.6 Å². The highest BCUT2D eigenvalue weighted by atomic mass is 32.1. The first-order valence-corrected chi connectivity index (χ1v) is 6.01. The van der Waals surface area contributed by atoms with E-state index in [1.54, 1.807) is 11.3 Å². The average molecular weight is 226 g/mol. The highest BCUT2D eigenvalue weighted by molar-refractivity contribution is 7.08. The second-order valence-corrected chi connectivity index (χ2v) is 4.25. The van der Waals surface area contributed by atoms with Crippen LogP contribution in [0.2, 0.25) is 0 Å². The standard InChI is InChI=1S/C13H10N2S/c1-2-4-11(5-3-1)13-14-7-8-15(13)12-6-9-16-10-12/h1-10H. The fraction of sp³-hybridized carbons (Fsp3) is 0. The van der Waals surface area contributed by atoms with Crippen LogP contribution >= 0.6 is 11.3 Å². The number of nitrogens with zero attached hydrogens (tertiary/aromatic N) is 2. The van der Waals surface area contributed by atoms with Gasteiger partial charge >= 0.3 is 0 Å². The van der Waals surface area contributed by atoms with Crippen molar-refractivity contribution < 1.29 is 0 Å². The number of hydrogen-bond acceptors (Lipinski definition) is 2. The van der Waals surface area contributed by atoms with Gasteiger partial charge in [0.25, 0.3) is 0 Å². The maximum Gasteiger partial charge on any atom is 0.144 e. The van der Waals surface area contributed by atoms with Gasteiger partial charge in [-0.1, -0.05) is 30.3 Å². The van der Waals surface area contributed by atoms with Crippen molar-refractivity contribution in [1.82, 2.24) is 9.55 Å². The second-order valence-electron chi connectivity index (χ2n) is 3.47. The van der Waals surface area contributed by atoms with Gasteiger partial charge in [-0.25, -0.2) is 4.98 Å². The van der Waals surface area contributed by atoms with E-state index in [4.69, 9.17) is 0 Å². The lowest BCUT2D eigenvalue weighted by molar-refractivity contribution is 1.08. The van der Waals surface area contributed by atoms with Crippen LogP contribution in [0.1, 0.15) is 0 Å². The molecule has 0 radical (unpaired) electrons. The summed E-state index contributed by atoms with van der Waals surface area (Å²) >= 11 is 1.69. The minimum Gasteiger partial charge on any atom is -0.299 e. The van der Waals surface area contributed by atoms with Crippen LogP contribution < -0.4 is 0 Å². The highest BCUT2D eigenvalue weighted by Gasteiger charge is 2.06. The summed E-state index contributed by atoms with van der Waals surface area (Å²) in [6, 6.07) is 12.3. The topological polar surface area (TPSA) is 17.8 Å². The molecule has 0 aliphatic heterocycles. The van der Waals surface area contributed by atoms with Gasteiger partial charge in [0.2, 0.25) is 0 Å². The quantitative estimate of drug-likeness (QED) is 0.652. The molecule has 0 spiro atoms. The maximum atomic E-state index is 4.41. The van der Waals surface area contributed by atoms with Gasteiger partial charge in [0.1, 0.15) is 5.82 Å². The van der Waals surface area contributed by atoms with Crippen LogP contribution in [0.25, 0.3) is 17.1 Å². The number of hydrogen-bond donors (Lipinski definition) is 0. The van der Waals surface area contributed by atoms with Gasteiger partial charge in [-0.15, -0.1) is 0 Å². The molecule has 3 heteroatoms. The van der Waals surface area contributed by atoms with Gasteiger partial charge in [0.05, 0.1) is 5.69 Å². The van der Waals surface area contributed by atoms with Crippen LogP contribution in [-0.4, -0.2) is 9.55 Å². The maximum absolute atomic E-state index is 4.41. The van der Waals surface area contributed by atoms with Crippen LogP contribution in [0.4, 0.5) is 0 Å². The Labute approximate surface area is 97.8 Å². The van der Waals surface area contributed by atoms with Gasteiger partial charge in [-0.3, -0.25) is 4.57 Å². The Morgan fingerprint density at radius 2 is 1.94 bits per heavy atom. The van der Waals surface area contributed by atoms with Crippen LogP contribution in [0.15, 0.2) is 59.6 Å². The lowest BCUT2D eigenvalue weighted by Gasteiger charge is -2.04. The fourth-order valence-corrected chi connectivity index (χ4v) is 2.34. The number of thiophene rings is 1. The molecule has 2 heterocycles. The van der Waals surface area contributed by atoms with E-state index < -0.39 is 0 Å². The Morgan fingerprint density at radius 1 is 1.06 bits per heavy atom. The molecule has 78 valence electrons. The van der Waals surface area contributed by atoms with Crippen molar-refractivity contribution in [2.45, 2.75) is 0 Å². The Kier molecular flexibility index (Phi) is 2.31. The molecule has 0 N–H and O–H groups in total. The molecular weight excluding hydrogens is 216 g/mol. The summed E-state index contributed by atoms with van der Waals surface area (Å²) in [6.45, 7) is 0. The van der Waals surface area contributed by atoms with E-state index in [2.05, 4.69) is 38.5 Å². The third-order valence-corrected chi connectivity index (χ3v) is 3.13. The predicted octanol–water partition coefficient (Wildman–Crippen LogP) is 3.60. The second kappa shape index (κ2) is 3.94. The molecule has 0 saturated carbocycles. The normalized spacial score (nSPS) is 10.5. The molecule has 0 atom stereocenters. The lowest BCUT2D eigenvalue weighted by atomic mass is 10.2. The molecule has 0 aliphatic carbocycles. The Bertz CT molecular complexity index is 567. The Balaban J connectivity index is 2.14. The van der Waals surface area contributed by atoms with E-state index in [0.29, 0.717) is 0 Å². The van der Waals surface area contributed by atoms with Crippen LogP contribution in [0.3, 0.4) is 0 Å². The first kappa shape index (κ1) is 9.36. The zero-order chi connectivity index (χ0) is 10.8. The molecule has 3 rings (SSSR count). The van der Waals surface area contributed by atoms with E-state index in [9.17, 15) is 0 Å². The molecule has 0 amide bonds. The first-order chi connectivity index (χ1) is 7.95. The number of aromatic nitrogens is 2. The van der Waals surface area contributed by atoms with Crippen molar-refractivity contribution in [3.8, 4) is 17.1 Å². The summed E-state index contributed by atoms with van der Waals surface area (Å²) < 4.78 is 2.10. The molecular formula is C13H10N2S. The summed E-state index contributed by atoms with van der Waals surface area (Å²) in [5.41, 5.74) is 2.31. The van der Waals surface area contributed by atoms with Gasteiger partial charge in [0.15, 0.2) is 0 Å². The summed E-state index contributed by atoms with van der Waals surface area (Å²) in [5.74, 6) is 0.985. The van der Waals surface area contributed by atoms with Crippen LogP contribution in [0, 0.1) is 0 Å². The number of imidazole rings is 1. The van der Waals surface area contributed by atoms with Crippen LogP contribution in [0.5, 0.6) is 0 Å². The smallest absolute Gasteiger partial charge is 0.144 e. The number of benzene rings is 1. The molecule has 2 aromatic heterocycles. The van der Waals surface area contributed by atoms with E-state index >= 15 is 0 Å². The Morgan fingerprint density at radius 3 is 2.69 bits per heavy atom. The van der Waals surface area contributed by atoms with Gasteiger partial charge < -0.3 is 0 Å². The van der Waals surface area contributed by atoms with Crippen molar-refractivity contribution >= 4 is 11.3 Å². The molecule has 0 fully saturated rings. The fourth-order valence-electron chi connectivity index (χ4n) is 1.71. The molecule has 3 aromatic rings. The number of rotatable bonds is 2.